The number of hydrogen-bond donors (Lipinski definition) is 0. The zero-order chi connectivity index (χ0) is 15.5. The average molecular weight is 304 g/mol. The number of halogens is 1. The first-order valence-corrected chi connectivity index (χ1v) is 8.43. The lowest BCUT2D eigenvalue weighted by atomic mass is 9.86. The first-order chi connectivity index (χ1) is 10.6. The SMILES string of the molecule is C[C@H]1CCC[C@H](N2CCN(C(=O)c3ccccc3F)CC2)C1. The summed E-state index contributed by atoms with van der Waals surface area (Å²) in [4.78, 5) is 16.7. The molecule has 0 unspecified atom stereocenters. The molecule has 3 nitrogen and oxygen atoms in total. The average Bonchev–Trinajstić information content (AvgIpc) is 2.55. The van der Waals surface area contributed by atoms with Crippen molar-refractivity contribution in [2.24, 2.45) is 5.92 Å². The summed E-state index contributed by atoms with van der Waals surface area (Å²) in [5.41, 5.74) is 0.197. The van der Waals surface area contributed by atoms with Gasteiger partial charge in [-0.15, -0.1) is 0 Å². The van der Waals surface area contributed by atoms with Gasteiger partial charge in [0.1, 0.15) is 5.82 Å². The van der Waals surface area contributed by atoms with Crippen LogP contribution in [0.3, 0.4) is 0 Å². The minimum atomic E-state index is -0.420. The zero-order valence-corrected chi connectivity index (χ0v) is 13.3. The molecule has 2 atom stereocenters. The van der Waals surface area contributed by atoms with Crippen molar-refractivity contribution in [3.8, 4) is 0 Å². The molecule has 1 aromatic rings. The van der Waals surface area contributed by atoms with Gasteiger partial charge in [-0.1, -0.05) is 31.9 Å². The quantitative estimate of drug-likeness (QED) is 0.838. The summed E-state index contributed by atoms with van der Waals surface area (Å²) in [6.07, 6.45) is 5.23. The maximum atomic E-state index is 13.7. The zero-order valence-electron chi connectivity index (χ0n) is 13.3. The Morgan fingerprint density at radius 3 is 2.55 bits per heavy atom. The van der Waals surface area contributed by atoms with Gasteiger partial charge in [0.25, 0.3) is 5.91 Å². The van der Waals surface area contributed by atoms with Crippen LogP contribution in [0.25, 0.3) is 0 Å². The Balaban J connectivity index is 1.57. The van der Waals surface area contributed by atoms with Crippen molar-refractivity contribution in [2.75, 3.05) is 26.2 Å². The van der Waals surface area contributed by atoms with Crippen molar-refractivity contribution in [3.63, 3.8) is 0 Å². The fourth-order valence-corrected chi connectivity index (χ4v) is 3.83. The molecule has 0 spiro atoms. The molecule has 1 aromatic carbocycles. The van der Waals surface area contributed by atoms with Crippen molar-refractivity contribution in [1.29, 1.82) is 0 Å². The minimum Gasteiger partial charge on any atom is -0.336 e. The van der Waals surface area contributed by atoms with Crippen LogP contribution >= 0.6 is 0 Å². The highest BCUT2D eigenvalue weighted by Crippen LogP contribution is 2.28. The number of piperazine rings is 1. The van der Waals surface area contributed by atoms with Crippen molar-refractivity contribution in [3.05, 3.63) is 35.6 Å². The highest BCUT2D eigenvalue weighted by atomic mass is 19.1. The number of nitrogens with zero attached hydrogens (tertiary/aromatic N) is 2. The molecule has 1 aliphatic carbocycles. The molecule has 2 aliphatic rings. The van der Waals surface area contributed by atoms with Gasteiger partial charge in [0.05, 0.1) is 5.56 Å². The van der Waals surface area contributed by atoms with Gasteiger partial charge < -0.3 is 4.90 Å². The van der Waals surface area contributed by atoms with E-state index in [2.05, 4.69) is 11.8 Å². The normalized spacial score (nSPS) is 26.9. The van der Waals surface area contributed by atoms with Gasteiger partial charge in [0.15, 0.2) is 0 Å². The fourth-order valence-electron chi connectivity index (χ4n) is 3.83. The van der Waals surface area contributed by atoms with E-state index in [4.69, 9.17) is 0 Å². The second kappa shape index (κ2) is 6.78. The molecule has 1 aliphatic heterocycles. The molecule has 0 radical (unpaired) electrons. The van der Waals surface area contributed by atoms with Gasteiger partial charge in [0.2, 0.25) is 0 Å². The van der Waals surface area contributed by atoms with Gasteiger partial charge in [0, 0.05) is 32.2 Å². The number of hydrogen-bond acceptors (Lipinski definition) is 2. The molecule has 3 rings (SSSR count). The first kappa shape index (κ1) is 15.5. The van der Waals surface area contributed by atoms with E-state index in [0.29, 0.717) is 19.1 Å². The molecular weight excluding hydrogens is 279 g/mol. The molecule has 1 saturated carbocycles. The number of amides is 1. The molecular formula is C18H25FN2O. The number of benzene rings is 1. The second-order valence-electron chi connectivity index (χ2n) is 6.73. The Bertz CT molecular complexity index is 526. The van der Waals surface area contributed by atoms with Crippen LogP contribution in [0.4, 0.5) is 4.39 Å². The monoisotopic (exact) mass is 304 g/mol. The van der Waals surface area contributed by atoms with E-state index in [9.17, 15) is 9.18 Å². The van der Waals surface area contributed by atoms with Crippen LogP contribution in [0.5, 0.6) is 0 Å². The van der Waals surface area contributed by atoms with Gasteiger partial charge in [-0.25, -0.2) is 4.39 Å². The van der Waals surface area contributed by atoms with Crippen LogP contribution in [0, 0.1) is 11.7 Å². The summed E-state index contributed by atoms with van der Waals surface area (Å²) in [6, 6.07) is 6.94. The summed E-state index contributed by atoms with van der Waals surface area (Å²) in [5.74, 6) is 0.225. The topological polar surface area (TPSA) is 23.6 Å². The fraction of sp³-hybridized carbons (Fsp3) is 0.611. The van der Waals surface area contributed by atoms with Gasteiger partial charge in [-0.2, -0.15) is 0 Å². The second-order valence-corrected chi connectivity index (χ2v) is 6.73. The summed E-state index contributed by atoms with van der Waals surface area (Å²) in [6.45, 7) is 5.58. The molecule has 1 amide bonds. The van der Waals surface area contributed by atoms with E-state index in [1.165, 1.54) is 31.7 Å². The van der Waals surface area contributed by atoms with Gasteiger partial charge >= 0.3 is 0 Å². The molecule has 0 N–H and O–H groups in total. The van der Waals surface area contributed by atoms with Crippen molar-refractivity contribution < 1.29 is 9.18 Å². The summed E-state index contributed by atoms with van der Waals surface area (Å²) in [7, 11) is 0. The van der Waals surface area contributed by atoms with E-state index in [0.717, 1.165) is 19.0 Å². The molecule has 22 heavy (non-hydrogen) atoms. The third kappa shape index (κ3) is 3.32. The van der Waals surface area contributed by atoms with E-state index in [1.807, 2.05) is 0 Å². The van der Waals surface area contributed by atoms with Crippen molar-refractivity contribution in [2.45, 2.75) is 38.6 Å². The molecule has 120 valence electrons. The Morgan fingerprint density at radius 2 is 1.86 bits per heavy atom. The standard InChI is InChI=1S/C18H25FN2O/c1-14-5-4-6-15(13-14)20-9-11-21(12-10-20)18(22)16-7-2-3-8-17(16)19/h2-3,7-8,14-15H,4-6,9-13H2,1H3/t14-,15-/m0/s1. The van der Waals surface area contributed by atoms with Crippen molar-refractivity contribution >= 4 is 5.91 Å². The van der Waals surface area contributed by atoms with Crippen LogP contribution in [0.2, 0.25) is 0 Å². The van der Waals surface area contributed by atoms with Crippen LogP contribution in [-0.4, -0.2) is 47.9 Å². The molecule has 0 bridgehead atoms. The maximum absolute atomic E-state index is 13.7. The predicted molar refractivity (Wildman–Crippen MR) is 85.3 cm³/mol. The van der Waals surface area contributed by atoms with E-state index in [-0.39, 0.29) is 11.5 Å². The lowest BCUT2D eigenvalue weighted by Crippen LogP contribution is -2.52. The highest BCUT2D eigenvalue weighted by Gasteiger charge is 2.29. The van der Waals surface area contributed by atoms with E-state index < -0.39 is 5.82 Å². The molecule has 2 fully saturated rings. The Morgan fingerprint density at radius 1 is 1.14 bits per heavy atom. The predicted octanol–water partition coefficient (Wildman–Crippen LogP) is 3.16. The first-order valence-electron chi connectivity index (χ1n) is 8.43. The van der Waals surface area contributed by atoms with Gasteiger partial charge in [-0.3, -0.25) is 9.69 Å². The molecule has 1 heterocycles. The molecule has 1 saturated heterocycles. The largest absolute Gasteiger partial charge is 0.336 e. The number of carbonyl (C=O) groups is 1. The van der Waals surface area contributed by atoms with Crippen molar-refractivity contribution in [1.82, 2.24) is 9.80 Å². The smallest absolute Gasteiger partial charge is 0.256 e. The Labute approximate surface area is 132 Å². The van der Waals surface area contributed by atoms with Crippen LogP contribution in [0.1, 0.15) is 43.0 Å². The van der Waals surface area contributed by atoms with E-state index in [1.54, 1.807) is 23.1 Å². The van der Waals surface area contributed by atoms with Crippen LogP contribution in [0.15, 0.2) is 24.3 Å². The minimum absolute atomic E-state index is 0.172. The number of rotatable bonds is 2. The highest BCUT2D eigenvalue weighted by molar-refractivity contribution is 5.94. The lowest BCUT2D eigenvalue weighted by Gasteiger charge is -2.42. The lowest BCUT2D eigenvalue weighted by molar-refractivity contribution is 0.0485. The Hall–Kier alpha value is -1.42. The summed E-state index contributed by atoms with van der Waals surface area (Å²) >= 11 is 0. The van der Waals surface area contributed by atoms with Crippen LogP contribution in [-0.2, 0) is 0 Å². The number of carbonyl (C=O) groups excluding carboxylic acids is 1. The maximum Gasteiger partial charge on any atom is 0.256 e. The summed E-state index contributed by atoms with van der Waals surface area (Å²) in [5, 5.41) is 0. The van der Waals surface area contributed by atoms with Gasteiger partial charge in [-0.05, 0) is 30.9 Å². The third-order valence-electron chi connectivity index (χ3n) is 5.13. The Kier molecular flexibility index (Phi) is 4.77. The molecule has 0 aromatic heterocycles. The summed E-state index contributed by atoms with van der Waals surface area (Å²) < 4.78 is 13.7. The van der Waals surface area contributed by atoms with E-state index >= 15 is 0 Å². The third-order valence-corrected chi connectivity index (χ3v) is 5.13. The van der Waals surface area contributed by atoms with Crippen LogP contribution < -0.4 is 0 Å². The molecule has 4 heteroatoms.